The van der Waals surface area contributed by atoms with Gasteiger partial charge in [-0.25, -0.2) is 13.2 Å². The molecule has 2 heterocycles. The summed E-state index contributed by atoms with van der Waals surface area (Å²) in [5.41, 5.74) is -0.531. The number of aryl methyl sites for hydroxylation is 1. The minimum absolute atomic E-state index is 0.192. The van der Waals surface area contributed by atoms with E-state index in [0.717, 1.165) is 6.07 Å². The SMILES string of the molecule is CCn1nc(C(F)(F)F)cc1-c1ccc(NCc2c(F)cc(F)cc2F)cn1. The number of hydrogen-bond donors (Lipinski definition) is 1. The summed E-state index contributed by atoms with van der Waals surface area (Å²) in [5.74, 6) is -3.07. The molecule has 1 aromatic carbocycles. The molecule has 148 valence electrons. The van der Waals surface area contributed by atoms with Gasteiger partial charge in [0.25, 0.3) is 0 Å². The molecule has 3 rings (SSSR count). The molecule has 0 saturated heterocycles. The molecule has 0 aliphatic carbocycles. The first-order valence-corrected chi connectivity index (χ1v) is 8.17. The number of halogens is 6. The fourth-order valence-electron chi connectivity index (χ4n) is 2.58. The maximum Gasteiger partial charge on any atom is 0.435 e. The van der Waals surface area contributed by atoms with Crippen LogP contribution in [0.2, 0.25) is 0 Å². The Balaban J connectivity index is 1.79. The van der Waals surface area contributed by atoms with E-state index in [1.807, 2.05) is 0 Å². The quantitative estimate of drug-likeness (QED) is 0.612. The Morgan fingerprint density at radius 3 is 2.25 bits per heavy atom. The second kappa shape index (κ2) is 7.53. The van der Waals surface area contributed by atoms with E-state index in [4.69, 9.17) is 0 Å². The maximum atomic E-state index is 13.6. The van der Waals surface area contributed by atoms with Crippen molar-refractivity contribution >= 4 is 5.69 Å². The second-order valence-electron chi connectivity index (χ2n) is 5.86. The zero-order valence-corrected chi connectivity index (χ0v) is 14.5. The summed E-state index contributed by atoms with van der Waals surface area (Å²) in [6, 6.07) is 5.02. The molecule has 2 aromatic heterocycles. The van der Waals surface area contributed by atoms with E-state index in [0.29, 0.717) is 17.8 Å². The molecule has 0 aliphatic heterocycles. The highest BCUT2D eigenvalue weighted by molar-refractivity contribution is 5.58. The molecule has 28 heavy (non-hydrogen) atoms. The lowest BCUT2D eigenvalue weighted by Crippen LogP contribution is -2.07. The Morgan fingerprint density at radius 2 is 1.71 bits per heavy atom. The van der Waals surface area contributed by atoms with Gasteiger partial charge in [-0.05, 0) is 25.1 Å². The predicted molar refractivity (Wildman–Crippen MR) is 89.8 cm³/mol. The van der Waals surface area contributed by atoms with Gasteiger partial charge in [0.1, 0.15) is 17.5 Å². The van der Waals surface area contributed by atoms with Crippen molar-refractivity contribution < 1.29 is 26.3 Å². The van der Waals surface area contributed by atoms with E-state index in [9.17, 15) is 26.3 Å². The van der Waals surface area contributed by atoms with Crippen molar-refractivity contribution in [1.29, 1.82) is 0 Å². The Labute approximate surface area is 155 Å². The van der Waals surface area contributed by atoms with Gasteiger partial charge in [0.05, 0.1) is 23.3 Å². The van der Waals surface area contributed by atoms with Crippen LogP contribution in [0.5, 0.6) is 0 Å². The lowest BCUT2D eigenvalue weighted by molar-refractivity contribution is -0.141. The molecule has 0 atom stereocenters. The molecular formula is C18H14F6N4. The van der Waals surface area contributed by atoms with Crippen LogP contribution in [0.1, 0.15) is 18.2 Å². The molecule has 0 fully saturated rings. The molecule has 0 aliphatic rings. The van der Waals surface area contributed by atoms with Gasteiger partial charge in [0, 0.05) is 30.8 Å². The smallest absolute Gasteiger partial charge is 0.379 e. The van der Waals surface area contributed by atoms with Crippen molar-refractivity contribution in [2.45, 2.75) is 26.2 Å². The number of alkyl halides is 3. The standard InChI is InChI=1S/C18H14F6N4/c1-2-28-16(7-17(27-28)18(22,23)24)15-4-3-11(8-26-15)25-9-12-13(20)5-10(19)6-14(12)21/h3-8,25H,2,9H2,1H3. The monoisotopic (exact) mass is 400 g/mol. The average molecular weight is 400 g/mol. The number of rotatable bonds is 5. The van der Waals surface area contributed by atoms with Gasteiger partial charge in [-0.3, -0.25) is 9.67 Å². The Morgan fingerprint density at radius 1 is 1.04 bits per heavy atom. The van der Waals surface area contributed by atoms with Gasteiger partial charge < -0.3 is 5.32 Å². The lowest BCUT2D eigenvalue weighted by Gasteiger charge is -2.09. The summed E-state index contributed by atoms with van der Waals surface area (Å²) in [4.78, 5) is 4.09. The summed E-state index contributed by atoms with van der Waals surface area (Å²) in [6.45, 7) is 1.61. The van der Waals surface area contributed by atoms with E-state index >= 15 is 0 Å². The van der Waals surface area contributed by atoms with Crippen molar-refractivity contribution in [1.82, 2.24) is 14.8 Å². The molecular weight excluding hydrogens is 386 g/mol. The third kappa shape index (κ3) is 4.10. The Kier molecular flexibility index (Phi) is 5.30. The summed E-state index contributed by atoms with van der Waals surface area (Å²) in [7, 11) is 0. The minimum atomic E-state index is -4.57. The predicted octanol–water partition coefficient (Wildman–Crippen LogP) is 5.01. The Hall–Kier alpha value is -3.04. The van der Waals surface area contributed by atoms with Crippen molar-refractivity contribution in [2.24, 2.45) is 0 Å². The third-order valence-corrected chi connectivity index (χ3v) is 3.97. The number of nitrogens with zero attached hydrogens (tertiary/aromatic N) is 3. The zero-order valence-electron chi connectivity index (χ0n) is 14.5. The zero-order chi connectivity index (χ0) is 20.5. The molecule has 0 saturated carbocycles. The average Bonchev–Trinajstić information content (AvgIpc) is 3.06. The van der Waals surface area contributed by atoms with Crippen LogP contribution in [0.3, 0.4) is 0 Å². The van der Waals surface area contributed by atoms with Crippen LogP contribution >= 0.6 is 0 Å². The molecule has 0 unspecified atom stereocenters. The van der Waals surface area contributed by atoms with Gasteiger partial charge in [-0.2, -0.15) is 18.3 Å². The number of aromatic nitrogens is 3. The highest BCUT2D eigenvalue weighted by Gasteiger charge is 2.35. The minimum Gasteiger partial charge on any atom is -0.379 e. The summed E-state index contributed by atoms with van der Waals surface area (Å²) in [5, 5.41) is 6.25. The van der Waals surface area contributed by atoms with Crippen molar-refractivity contribution in [3.05, 3.63) is 65.2 Å². The van der Waals surface area contributed by atoms with E-state index in [1.54, 1.807) is 6.92 Å². The van der Waals surface area contributed by atoms with Crippen LogP contribution in [-0.4, -0.2) is 14.8 Å². The number of benzene rings is 1. The molecule has 0 radical (unpaired) electrons. The molecule has 4 nitrogen and oxygen atoms in total. The van der Waals surface area contributed by atoms with Crippen molar-refractivity contribution in [2.75, 3.05) is 5.32 Å². The lowest BCUT2D eigenvalue weighted by atomic mass is 10.2. The highest BCUT2D eigenvalue weighted by Crippen LogP contribution is 2.31. The van der Waals surface area contributed by atoms with Gasteiger partial charge in [0.2, 0.25) is 0 Å². The van der Waals surface area contributed by atoms with Crippen molar-refractivity contribution in [3.8, 4) is 11.4 Å². The first kappa shape index (κ1) is 19.7. The number of hydrogen-bond acceptors (Lipinski definition) is 3. The van der Waals surface area contributed by atoms with Crippen LogP contribution in [0.25, 0.3) is 11.4 Å². The number of anilines is 1. The van der Waals surface area contributed by atoms with E-state index in [-0.39, 0.29) is 30.0 Å². The summed E-state index contributed by atoms with van der Waals surface area (Å²) < 4.78 is 80.0. The molecule has 3 aromatic rings. The van der Waals surface area contributed by atoms with E-state index < -0.39 is 29.3 Å². The molecule has 0 amide bonds. The van der Waals surface area contributed by atoms with Gasteiger partial charge in [-0.1, -0.05) is 0 Å². The van der Waals surface area contributed by atoms with Crippen LogP contribution in [0.15, 0.2) is 36.5 Å². The summed E-state index contributed by atoms with van der Waals surface area (Å²) in [6.07, 6.45) is -3.26. The largest absolute Gasteiger partial charge is 0.435 e. The molecule has 10 heteroatoms. The topological polar surface area (TPSA) is 42.7 Å². The van der Waals surface area contributed by atoms with Crippen LogP contribution in [0.4, 0.5) is 32.0 Å². The normalized spacial score (nSPS) is 11.7. The second-order valence-corrected chi connectivity index (χ2v) is 5.86. The number of nitrogens with one attached hydrogen (secondary N) is 1. The Bertz CT molecular complexity index is 956. The van der Waals surface area contributed by atoms with Gasteiger partial charge in [-0.15, -0.1) is 0 Å². The molecule has 0 bridgehead atoms. The van der Waals surface area contributed by atoms with Crippen LogP contribution in [0, 0.1) is 17.5 Å². The third-order valence-electron chi connectivity index (χ3n) is 3.97. The van der Waals surface area contributed by atoms with Gasteiger partial charge >= 0.3 is 6.18 Å². The maximum absolute atomic E-state index is 13.6. The number of pyridine rings is 1. The van der Waals surface area contributed by atoms with Crippen LogP contribution in [-0.2, 0) is 19.3 Å². The fraction of sp³-hybridized carbons (Fsp3) is 0.222. The first-order valence-electron chi connectivity index (χ1n) is 8.17. The van der Waals surface area contributed by atoms with Crippen molar-refractivity contribution in [3.63, 3.8) is 0 Å². The molecule has 1 N–H and O–H groups in total. The highest BCUT2D eigenvalue weighted by atomic mass is 19.4. The first-order chi connectivity index (χ1) is 13.2. The van der Waals surface area contributed by atoms with Crippen LogP contribution < -0.4 is 5.32 Å². The summed E-state index contributed by atoms with van der Waals surface area (Å²) >= 11 is 0. The fourth-order valence-corrected chi connectivity index (χ4v) is 2.58. The molecule has 0 spiro atoms. The van der Waals surface area contributed by atoms with E-state index in [2.05, 4.69) is 15.4 Å². The van der Waals surface area contributed by atoms with E-state index in [1.165, 1.54) is 23.0 Å². The van der Waals surface area contributed by atoms with Gasteiger partial charge in [0.15, 0.2) is 5.69 Å².